The van der Waals surface area contributed by atoms with Crippen molar-refractivity contribution in [1.82, 2.24) is 0 Å². The van der Waals surface area contributed by atoms with E-state index in [1.54, 1.807) is 0 Å². The average molecular weight is 375 g/mol. The predicted molar refractivity (Wildman–Crippen MR) is 3.43 cm³/mol. The second kappa shape index (κ2) is 122. The Kier molecular flexibility index (Phi) is 2200. The molecule has 9 heavy (non-hydrogen) atoms. The van der Waals surface area contributed by atoms with Gasteiger partial charge in [0.2, 0.25) is 0 Å². The van der Waals surface area contributed by atoms with E-state index in [1.165, 1.54) is 0 Å². The fourth-order valence-electron chi connectivity index (χ4n) is 0. The summed E-state index contributed by atoms with van der Waals surface area (Å²) >= 11 is 0. The molecule has 9 heteroatoms. The van der Waals surface area contributed by atoms with Gasteiger partial charge in [0.25, 0.3) is 0 Å². The van der Waals surface area contributed by atoms with Crippen LogP contribution >= 0.6 is 0 Å². The molecule has 0 saturated carbocycles. The molecule has 56 valence electrons. The number of hydrogen-bond donors (Lipinski definition) is 0. The quantitative estimate of drug-likeness (QED) is 0.498. The third-order valence-electron chi connectivity index (χ3n) is 0. The van der Waals surface area contributed by atoms with Crippen LogP contribution in [0.15, 0.2) is 0 Å². The van der Waals surface area contributed by atoms with Crippen molar-refractivity contribution in [3.05, 3.63) is 0 Å². The molecule has 0 aliphatic rings. The Morgan fingerprint density at radius 2 is 0.333 bits per heavy atom. The molecule has 0 aromatic rings. The largest absolute Gasteiger partial charge is 3.00 e. The van der Waals surface area contributed by atoms with Crippen molar-refractivity contribution < 1.29 is 126 Å². The first-order valence-electron chi connectivity index (χ1n) is 0. The van der Waals surface area contributed by atoms with E-state index in [4.69, 9.17) is 0 Å². The van der Waals surface area contributed by atoms with E-state index < -0.39 is 0 Å². The second-order valence-electron chi connectivity index (χ2n) is 0. The van der Waals surface area contributed by atoms with E-state index in [0.29, 0.717) is 0 Å². The molecule has 0 radical (unpaired) electrons. The molecule has 0 aliphatic heterocycles. The maximum atomic E-state index is 0. The van der Waals surface area contributed by atoms with E-state index >= 15 is 0 Å². The number of rotatable bonds is 0. The van der Waals surface area contributed by atoms with Gasteiger partial charge in [0.1, 0.15) is 0 Å². The first kappa shape index (κ1) is 162. The van der Waals surface area contributed by atoms with Crippen molar-refractivity contribution in [1.29, 1.82) is 0 Å². The molecule has 0 spiro atoms. The van der Waals surface area contributed by atoms with Crippen molar-refractivity contribution in [3.63, 3.8) is 0 Å². The summed E-state index contributed by atoms with van der Waals surface area (Å²) in [7, 11) is 0. The Bertz CT molecular complexity index is 12.9. The zero-order valence-electron chi connectivity index (χ0n) is 3.83. The Morgan fingerprint density at radius 1 is 0.333 bits per heavy atom. The van der Waals surface area contributed by atoms with E-state index in [1.807, 2.05) is 0 Å². The minimum absolute atomic E-state index is 0. The molecule has 0 saturated heterocycles. The Balaban J connectivity index is 0. The SMILES string of the molecule is [Ni+2].[Ni+2].[O-2].[O-2].[O-2].[O-2].[O-2].[Y+3].[Y+3]. The van der Waals surface area contributed by atoms with Crippen LogP contribution in [0.2, 0.25) is 0 Å². The van der Waals surface area contributed by atoms with Crippen LogP contribution in [0.5, 0.6) is 0 Å². The van der Waals surface area contributed by atoms with E-state index in [-0.39, 0.29) is 126 Å². The molecule has 0 fully saturated rings. The minimum Gasteiger partial charge on any atom is -2.00 e. The standard InChI is InChI=1S/2Ni.5O.2Y/q2*+2;5*-2;2*+3. The third kappa shape index (κ3) is 99.2. The van der Waals surface area contributed by atoms with E-state index in [0.717, 1.165) is 0 Å². The fraction of sp³-hybridized carbons (Fsp3) is 0. The monoisotopic (exact) mass is 374 g/mol. The van der Waals surface area contributed by atoms with Gasteiger partial charge in [0, 0.05) is 0 Å². The topological polar surface area (TPSA) is 142 Å². The summed E-state index contributed by atoms with van der Waals surface area (Å²) in [5.41, 5.74) is 0. The smallest absolute Gasteiger partial charge is 2.00 e. The summed E-state index contributed by atoms with van der Waals surface area (Å²) in [4.78, 5) is 0. The zero-order valence-corrected chi connectivity index (χ0v) is 11.5. The summed E-state index contributed by atoms with van der Waals surface area (Å²) in [6.07, 6.45) is 0. The fourth-order valence-corrected chi connectivity index (χ4v) is 0. The maximum absolute atomic E-state index is 0. The van der Waals surface area contributed by atoms with Crippen molar-refractivity contribution in [2.24, 2.45) is 0 Å². The summed E-state index contributed by atoms with van der Waals surface area (Å²) in [5.74, 6) is 0. The van der Waals surface area contributed by atoms with Gasteiger partial charge in [-0.1, -0.05) is 0 Å². The van der Waals surface area contributed by atoms with Crippen molar-refractivity contribution in [2.45, 2.75) is 0 Å². The van der Waals surface area contributed by atoms with E-state index in [2.05, 4.69) is 0 Å². The van der Waals surface area contributed by atoms with Crippen molar-refractivity contribution in [3.8, 4) is 0 Å². The molecular weight excluding hydrogens is 375 g/mol. The molecule has 0 aromatic carbocycles. The van der Waals surface area contributed by atoms with Gasteiger partial charge in [0.05, 0.1) is 0 Å². The molecule has 0 N–H and O–H groups in total. The normalized spacial score (nSPS) is 0. The predicted octanol–water partition coefficient (Wildman–Crippen LogP) is -0.604. The number of hydrogen-bond acceptors (Lipinski definition) is 0. The van der Waals surface area contributed by atoms with Gasteiger partial charge in [-0.15, -0.1) is 0 Å². The second-order valence-corrected chi connectivity index (χ2v) is 0. The third-order valence-corrected chi connectivity index (χ3v) is 0. The first-order valence-corrected chi connectivity index (χ1v) is 0. The molecule has 0 unspecified atom stereocenters. The molecule has 0 atom stereocenters. The minimum atomic E-state index is 0. The summed E-state index contributed by atoms with van der Waals surface area (Å²) in [5, 5.41) is 0. The van der Waals surface area contributed by atoms with Crippen LogP contribution in [0.25, 0.3) is 0 Å². The molecular formula is Ni2O5Y2. The zero-order chi connectivity index (χ0) is 0. The maximum Gasteiger partial charge on any atom is 3.00 e. The Morgan fingerprint density at radius 3 is 0.333 bits per heavy atom. The van der Waals surface area contributed by atoms with Gasteiger partial charge >= 0.3 is 98.4 Å². The van der Waals surface area contributed by atoms with Gasteiger partial charge < -0.3 is 27.4 Å². The van der Waals surface area contributed by atoms with Gasteiger partial charge in [-0.3, -0.25) is 0 Å². The van der Waals surface area contributed by atoms with Crippen LogP contribution < -0.4 is 0 Å². The molecule has 0 aromatic heterocycles. The van der Waals surface area contributed by atoms with Crippen LogP contribution in [0.3, 0.4) is 0 Å². The van der Waals surface area contributed by atoms with Gasteiger partial charge in [-0.05, 0) is 0 Å². The summed E-state index contributed by atoms with van der Waals surface area (Å²) in [6.45, 7) is 0. The van der Waals surface area contributed by atoms with Crippen LogP contribution in [0, 0.1) is 0 Å². The van der Waals surface area contributed by atoms with Crippen molar-refractivity contribution >= 4 is 0 Å². The molecule has 0 amide bonds. The molecule has 0 bridgehead atoms. The van der Waals surface area contributed by atoms with Crippen molar-refractivity contribution in [2.75, 3.05) is 0 Å². The average Bonchev–Trinajstić information content (AvgIpc) is 0. The Hall–Kier alpha value is 2.99. The van der Waals surface area contributed by atoms with Gasteiger partial charge in [0.15, 0.2) is 0 Å². The Labute approximate surface area is 124 Å². The molecule has 5 nitrogen and oxygen atoms in total. The summed E-state index contributed by atoms with van der Waals surface area (Å²) in [6, 6.07) is 0. The van der Waals surface area contributed by atoms with Gasteiger partial charge in [-0.25, -0.2) is 0 Å². The molecule has 0 heterocycles. The van der Waals surface area contributed by atoms with Crippen LogP contribution in [0.4, 0.5) is 0 Å². The van der Waals surface area contributed by atoms with E-state index in [9.17, 15) is 0 Å². The van der Waals surface area contributed by atoms with Crippen LogP contribution in [0.1, 0.15) is 0 Å². The van der Waals surface area contributed by atoms with Crippen LogP contribution in [-0.2, 0) is 126 Å². The van der Waals surface area contributed by atoms with Crippen LogP contribution in [-0.4, -0.2) is 0 Å². The molecule has 0 rings (SSSR count). The summed E-state index contributed by atoms with van der Waals surface area (Å²) < 4.78 is 0. The first-order chi connectivity index (χ1) is 0. The van der Waals surface area contributed by atoms with Gasteiger partial charge in [-0.2, -0.15) is 0 Å². The molecule has 0 aliphatic carbocycles.